The highest BCUT2D eigenvalue weighted by atomic mass is 19.1. The second-order valence-corrected chi connectivity index (χ2v) is 4.56. The van der Waals surface area contributed by atoms with E-state index >= 15 is 0 Å². The summed E-state index contributed by atoms with van der Waals surface area (Å²) in [6.45, 7) is 3.90. The molecule has 7 heteroatoms. The lowest BCUT2D eigenvalue weighted by molar-refractivity contribution is 0.0523. The lowest BCUT2D eigenvalue weighted by atomic mass is 10.1. The highest BCUT2D eigenvalue weighted by molar-refractivity contribution is 5.91. The Kier molecular flexibility index (Phi) is 5.06. The Labute approximate surface area is 122 Å². The van der Waals surface area contributed by atoms with Crippen LogP contribution < -0.4 is 10.2 Å². The number of aromatic nitrogens is 1. The summed E-state index contributed by atoms with van der Waals surface area (Å²) in [5.74, 6) is -0.222. The Balaban J connectivity index is 2.43. The highest BCUT2D eigenvalue weighted by Crippen LogP contribution is 2.23. The zero-order valence-corrected chi connectivity index (χ0v) is 11.9. The van der Waals surface area contributed by atoms with Crippen molar-refractivity contribution in [3.63, 3.8) is 0 Å². The van der Waals surface area contributed by atoms with Gasteiger partial charge in [0, 0.05) is 26.2 Å². The van der Waals surface area contributed by atoms with Gasteiger partial charge in [0.1, 0.15) is 18.6 Å². The zero-order chi connectivity index (χ0) is 15.2. The van der Waals surface area contributed by atoms with Crippen LogP contribution in [0.15, 0.2) is 6.07 Å². The van der Waals surface area contributed by atoms with Crippen LogP contribution >= 0.6 is 0 Å². The van der Waals surface area contributed by atoms with Crippen molar-refractivity contribution < 1.29 is 13.9 Å². The van der Waals surface area contributed by atoms with Gasteiger partial charge in [-0.3, -0.25) is 0 Å². The fourth-order valence-electron chi connectivity index (χ4n) is 2.23. The number of carbonyl (C=O) groups is 1. The number of alkyl halides is 1. The third-order valence-corrected chi connectivity index (χ3v) is 3.24. The van der Waals surface area contributed by atoms with Crippen LogP contribution in [-0.4, -0.2) is 43.7 Å². The smallest absolute Gasteiger partial charge is 0.340 e. The molecule has 6 nitrogen and oxygen atoms in total. The molecular formula is C14H17FN4O2. The number of nitriles is 1. The van der Waals surface area contributed by atoms with Crippen LogP contribution in [0, 0.1) is 11.3 Å². The van der Waals surface area contributed by atoms with Gasteiger partial charge in [-0.05, 0) is 13.0 Å². The lowest BCUT2D eigenvalue weighted by Gasteiger charge is -2.29. The Bertz CT molecular complexity index is 565. The van der Waals surface area contributed by atoms with Gasteiger partial charge in [-0.2, -0.15) is 5.26 Å². The van der Waals surface area contributed by atoms with E-state index in [0.717, 1.165) is 13.1 Å². The first-order valence-corrected chi connectivity index (χ1v) is 6.84. The average Bonchev–Trinajstić information content (AvgIpc) is 2.54. The second kappa shape index (κ2) is 6.99. The van der Waals surface area contributed by atoms with Gasteiger partial charge < -0.3 is 15.0 Å². The number of esters is 1. The maximum absolute atomic E-state index is 13.2. The fourth-order valence-corrected chi connectivity index (χ4v) is 2.23. The number of nitrogens with zero attached hydrogens (tertiary/aromatic N) is 3. The summed E-state index contributed by atoms with van der Waals surface area (Å²) in [6, 6.07) is 3.40. The third kappa shape index (κ3) is 3.28. The Morgan fingerprint density at radius 1 is 1.57 bits per heavy atom. The molecule has 1 aliphatic rings. The van der Waals surface area contributed by atoms with Crippen molar-refractivity contribution >= 4 is 11.8 Å². The summed E-state index contributed by atoms with van der Waals surface area (Å²) in [5, 5.41) is 12.5. The quantitative estimate of drug-likeness (QED) is 0.834. The summed E-state index contributed by atoms with van der Waals surface area (Å²) in [6.07, 6.45) is 0. The summed E-state index contributed by atoms with van der Waals surface area (Å²) < 4.78 is 18.1. The van der Waals surface area contributed by atoms with E-state index in [4.69, 9.17) is 4.74 Å². The molecule has 0 aliphatic carbocycles. The SMILES string of the molecule is CCOC(=O)c1cc(C#N)c(N2CCNCC2)nc1CF. The monoisotopic (exact) mass is 292 g/mol. The van der Waals surface area contributed by atoms with Crippen LogP contribution in [0.2, 0.25) is 0 Å². The fraction of sp³-hybridized carbons (Fsp3) is 0.500. The maximum Gasteiger partial charge on any atom is 0.340 e. The molecule has 1 N–H and O–H groups in total. The van der Waals surface area contributed by atoms with Gasteiger partial charge in [0.2, 0.25) is 0 Å². The van der Waals surface area contributed by atoms with Gasteiger partial charge in [0.25, 0.3) is 0 Å². The van der Waals surface area contributed by atoms with Crippen LogP contribution in [-0.2, 0) is 11.4 Å². The first-order chi connectivity index (χ1) is 10.2. The minimum atomic E-state index is -0.876. The number of piperazine rings is 1. The molecule has 0 unspecified atom stereocenters. The molecule has 0 bridgehead atoms. The third-order valence-electron chi connectivity index (χ3n) is 3.24. The first-order valence-electron chi connectivity index (χ1n) is 6.84. The molecular weight excluding hydrogens is 275 g/mol. The molecule has 1 fully saturated rings. The largest absolute Gasteiger partial charge is 0.462 e. The van der Waals surface area contributed by atoms with Crippen molar-refractivity contribution in [2.75, 3.05) is 37.7 Å². The molecule has 1 aliphatic heterocycles. The lowest BCUT2D eigenvalue weighted by Crippen LogP contribution is -2.44. The predicted octanol–water partition coefficient (Wildman–Crippen LogP) is 1.01. The normalized spacial score (nSPS) is 14.6. The van der Waals surface area contributed by atoms with E-state index in [1.54, 1.807) is 6.92 Å². The maximum atomic E-state index is 13.2. The van der Waals surface area contributed by atoms with Crippen molar-refractivity contribution in [1.82, 2.24) is 10.3 Å². The number of halogens is 1. The number of hydrogen-bond donors (Lipinski definition) is 1. The van der Waals surface area contributed by atoms with Gasteiger partial charge in [-0.1, -0.05) is 0 Å². The molecule has 0 radical (unpaired) electrons. The predicted molar refractivity (Wildman–Crippen MR) is 74.8 cm³/mol. The molecule has 0 atom stereocenters. The molecule has 1 aromatic heterocycles. The molecule has 0 spiro atoms. The van der Waals surface area contributed by atoms with E-state index in [0.29, 0.717) is 18.9 Å². The molecule has 0 saturated carbocycles. The highest BCUT2D eigenvalue weighted by Gasteiger charge is 2.22. The van der Waals surface area contributed by atoms with Crippen LogP contribution in [0.4, 0.5) is 10.2 Å². The molecule has 1 aromatic rings. The Morgan fingerprint density at radius 3 is 2.86 bits per heavy atom. The molecule has 21 heavy (non-hydrogen) atoms. The number of pyridine rings is 1. The van der Waals surface area contributed by atoms with E-state index in [1.165, 1.54) is 6.07 Å². The van der Waals surface area contributed by atoms with Gasteiger partial charge in [-0.25, -0.2) is 14.2 Å². The number of hydrogen-bond acceptors (Lipinski definition) is 6. The summed E-state index contributed by atoms with van der Waals surface area (Å²) >= 11 is 0. The summed E-state index contributed by atoms with van der Waals surface area (Å²) in [5.41, 5.74) is 0.299. The molecule has 1 saturated heterocycles. The number of anilines is 1. The average molecular weight is 292 g/mol. The standard InChI is InChI=1S/C14H17FN4O2/c1-2-21-14(20)11-7-10(9-16)13(18-12(11)8-15)19-5-3-17-4-6-19/h7,17H,2-6,8H2,1H3. The van der Waals surface area contributed by atoms with Crippen molar-refractivity contribution in [2.24, 2.45) is 0 Å². The van der Waals surface area contributed by atoms with E-state index in [-0.39, 0.29) is 23.4 Å². The Morgan fingerprint density at radius 2 is 2.29 bits per heavy atom. The van der Waals surface area contributed by atoms with E-state index in [1.807, 2.05) is 11.0 Å². The van der Waals surface area contributed by atoms with E-state index in [2.05, 4.69) is 10.3 Å². The Hall–Kier alpha value is -2.20. The topological polar surface area (TPSA) is 78.2 Å². The zero-order valence-electron chi connectivity index (χ0n) is 11.9. The number of carbonyl (C=O) groups excluding carboxylic acids is 1. The minimum absolute atomic E-state index is 0.0148. The molecule has 0 amide bonds. The van der Waals surface area contributed by atoms with Crippen LogP contribution in [0.5, 0.6) is 0 Å². The van der Waals surface area contributed by atoms with E-state index in [9.17, 15) is 14.4 Å². The van der Waals surface area contributed by atoms with Crippen molar-refractivity contribution in [1.29, 1.82) is 5.26 Å². The molecule has 0 aromatic carbocycles. The van der Waals surface area contributed by atoms with Crippen LogP contribution in [0.25, 0.3) is 0 Å². The van der Waals surface area contributed by atoms with Crippen LogP contribution in [0.3, 0.4) is 0 Å². The van der Waals surface area contributed by atoms with Crippen molar-refractivity contribution in [3.05, 3.63) is 22.9 Å². The molecule has 112 valence electrons. The van der Waals surface area contributed by atoms with Gasteiger partial charge >= 0.3 is 5.97 Å². The van der Waals surface area contributed by atoms with Crippen LogP contribution in [0.1, 0.15) is 28.5 Å². The number of rotatable bonds is 4. The van der Waals surface area contributed by atoms with E-state index < -0.39 is 12.6 Å². The number of ether oxygens (including phenoxy) is 1. The second-order valence-electron chi connectivity index (χ2n) is 4.56. The first kappa shape index (κ1) is 15.2. The van der Waals surface area contributed by atoms with Gasteiger partial charge in [0.05, 0.1) is 23.4 Å². The van der Waals surface area contributed by atoms with Gasteiger partial charge in [-0.15, -0.1) is 0 Å². The van der Waals surface area contributed by atoms with Gasteiger partial charge in [0.15, 0.2) is 0 Å². The minimum Gasteiger partial charge on any atom is -0.462 e. The summed E-state index contributed by atoms with van der Waals surface area (Å²) in [7, 11) is 0. The molecule has 2 heterocycles. The summed E-state index contributed by atoms with van der Waals surface area (Å²) in [4.78, 5) is 17.9. The molecule has 2 rings (SSSR count). The number of nitrogens with one attached hydrogen (secondary N) is 1. The van der Waals surface area contributed by atoms with Crippen molar-refractivity contribution in [2.45, 2.75) is 13.6 Å². The van der Waals surface area contributed by atoms with Crippen molar-refractivity contribution in [3.8, 4) is 6.07 Å².